The van der Waals surface area contributed by atoms with Gasteiger partial charge in [0.1, 0.15) is 0 Å². The van der Waals surface area contributed by atoms with E-state index in [1.807, 2.05) is 0 Å². The average Bonchev–Trinajstić information content (AvgIpc) is 2.77. The first kappa shape index (κ1) is 16.1. The Hall–Kier alpha value is -1.26. The Kier molecular flexibility index (Phi) is 4.22. The Morgan fingerprint density at radius 2 is 1.57 bits per heavy atom. The van der Waals surface area contributed by atoms with Crippen molar-refractivity contribution in [3.8, 4) is 0 Å². The van der Waals surface area contributed by atoms with Crippen LogP contribution in [0, 0.1) is 22.7 Å². The van der Waals surface area contributed by atoms with Crippen LogP contribution in [0.1, 0.15) is 53.4 Å². The molecule has 0 saturated heterocycles. The molecule has 120 valence electrons. The number of hydrogen-bond acceptors (Lipinski definition) is 2. The van der Waals surface area contributed by atoms with Crippen LogP contribution in [-0.4, -0.2) is 29.7 Å². The molecule has 0 aromatic carbocycles. The Bertz CT molecular complexity index is 409. The zero-order chi connectivity index (χ0) is 15.8. The molecule has 0 unspecified atom stereocenters. The first-order chi connectivity index (χ1) is 9.66. The smallest absolute Gasteiger partial charge is 0.315 e. The van der Waals surface area contributed by atoms with Crippen LogP contribution in [0.3, 0.4) is 0 Å². The van der Waals surface area contributed by atoms with Gasteiger partial charge in [0.15, 0.2) is 0 Å². The van der Waals surface area contributed by atoms with E-state index in [2.05, 4.69) is 38.3 Å². The number of hydrogen-bond donors (Lipinski definition) is 3. The summed E-state index contributed by atoms with van der Waals surface area (Å²) < 4.78 is 0. The Morgan fingerprint density at radius 1 is 1.05 bits per heavy atom. The van der Waals surface area contributed by atoms with E-state index >= 15 is 0 Å². The molecular formula is C16H28N2O3. The molecular weight excluding hydrogens is 268 g/mol. The Morgan fingerprint density at radius 3 is 2.00 bits per heavy atom. The highest BCUT2D eigenvalue weighted by atomic mass is 16.4. The second-order valence-electron chi connectivity index (χ2n) is 7.74. The van der Waals surface area contributed by atoms with E-state index in [1.165, 1.54) is 0 Å². The number of amides is 2. The predicted octanol–water partition coefficient (Wildman–Crippen LogP) is 2.61. The number of carboxylic acids is 1. The molecule has 0 bridgehead atoms. The molecule has 21 heavy (non-hydrogen) atoms. The minimum Gasteiger partial charge on any atom is -0.481 e. The van der Waals surface area contributed by atoms with Gasteiger partial charge in [-0.25, -0.2) is 4.79 Å². The van der Waals surface area contributed by atoms with Crippen molar-refractivity contribution in [2.45, 2.75) is 59.4 Å². The largest absolute Gasteiger partial charge is 0.481 e. The molecule has 0 aliphatic heterocycles. The summed E-state index contributed by atoms with van der Waals surface area (Å²) in [6.07, 6.45) is 2.82. The van der Waals surface area contributed by atoms with Gasteiger partial charge >= 0.3 is 12.0 Å². The fourth-order valence-corrected chi connectivity index (χ4v) is 3.76. The maximum atomic E-state index is 11.9. The lowest BCUT2D eigenvalue weighted by molar-refractivity contribution is -0.142. The van der Waals surface area contributed by atoms with Crippen molar-refractivity contribution in [1.82, 2.24) is 10.6 Å². The highest BCUT2D eigenvalue weighted by Gasteiger charge is 2.64. The SMILES string of the molecule is CC1(C)C(CNC(=O)NC2CCC(C(=O)O)CC2)C1(C)C. The van der Waals surface area contributed by atoms with Crippen molar-refractivity contribution in [3.63, 3.8) is 0 Å². The molecule has 0 radical (unpaired) electrons. The molecule has 5 nitrogen and oxygen atoms in total. The second-order valence-corrected chi connectivity index (χ2v) is 7.74. The first-order valence-corrected chi connectivity index (χ1v) is 7.93. The van der Waals surface area contributed by atoms with Gasteiger partial charge in [-0.1, -0.05) is 27.7 Å². The summed E-state index contributed by atoms with van der Waals surface area (Å²) in [6.45, 7) is 9.67. The predicted molar refractivity (Wildman–Crippen MR) is 81.0 cm³/mol. The van der Waals surface area contributed by atoms with Gasteiger partial charge in [0.25, 0.3) is 0 Å². The van der Waals surface area contributed by atoms with Crippen molar-refractivity contribution < 1.29 is 14.7 Å². The number of carboxylic acid groups (broad SMARTS) is 1. The van der Waals surface area contributed by atoms with Crippen LogP contribution in [0.15, 0.2) is 0 Å². The number of carbonyl (C=O) groups excluding carboxylic acids is 1. The number of nitrogens with one attached hydrogen (secondary N) is 2. The van der Waals surface area contributed by atoms with E-state index in [-0.39, 0.29) is 28.8 Å². The molecule has 2 saturated carbocycles. The zero-order valence-electron chi connectivity index (χ0n) is 13.5. The Labute approximate surface area is 126 Å². The molecule has 2 rings (SSSR count). The molecule has 0 aromatic rings. The van der Waals surface area contributed by atoms with Crippen molar-refractivity contribution >= 4 is 12.0 Å². The van der Waals surface area contributed by atoms with E-state index in [4.69, 9.17) is 5.11 Å². The minimum absolute atomic E-state index is 0.112. The molecule has 2 aliphatic rings. The van der Waals surface area contributed by atoms with Crippen molar-refractivity contribution in [1.29, 1.82) is 0 Å². The van der Waals surface area contributed by atoms with Gasteiger partial charge in [0.05, 0.1) is 5.92 Å². The third kappa shape index (κ3) is 3.16. The van der Waals surface area contributed by atoms with Crippen molar-refractivity contribution in [2.24, 2.45) is 22.7 Å². The number of rotatable bonds is 4. The topological polar surface area (TPSA) is 78.4 Å². The standard InChI is InChI=1S/C16H28N2O3/c1-15(2)12(16(15,3)4)9-17-14(21)18-11-7-5-10(6-8-11)13(19)20/h10-12H,5-9H2,1-4H3,(H,19,20)(H2,17,18,21). The maximum Gasteiger partial charge on any atom is 0.315 e. The quantitative estimate of drug-likeness (QED) is 0.746. The Balaban J connectivity index is 1.69. The summed E-state index contributed by atoms with van der Waals surface area (Å²) in [5.41, 5.74) is 0.555. The molecule has 5 heteroatoms. The highest BCUT2D eigenvalue weighted by molar-refractivity contribution is 5.74. The lowest BCUT2D eigenvalue weighted by Crippen LogP contribution is -2.45. The van der Waals surface area contributed by atoms with E-state index < -0.39 is 5.97 Å². The van der Waals surface area contributed by atoms with E-state index in [0.29, 0.717) is 25.3 Å². The minimum atomic E-state index is -0.712. The fraction of sp³-hybridized carbons (Fsp3) is 0.875. The molecule has 0 heterocycles. The molecule has 0 aromatic heterocycles. The number of urea groups is 1. The lowest BCUT2D eigenvalue weighted by Gasteiger charge is -2.26. The molecule has 3 N–H and O–H groups in total. The van der Waals surface area contributed by atoms with Gasteiger partial charge in [-0.05, 0) is 42.4 Å². The third-order valence-electron chi connectivity index (χ3n) is 6.20. The van der Waals surface area contributed by atoms with Crippen LogP contribution in [0.25, 0.3) is 0 Å². The molecule has 2 amide bonds. The normalized spacial score (nSPS) is 30.5. The van der Waals surface area contributed by atoms with Crippen LogP contribution < -0.4 is 10.6 Å². The second kappa shape index (κ2) is 5.50. The van der Waals surface area contributed by atoms with Crippen molar-refractivity contribution in [2.75, 3.05) is 6.54 Å². The van der Waals surface area contributed by atoms with E-state index in [1.54, 1.807) is 0 Å². The van der Waals surface area contributed by atoms with Gasteiger partial charge in [-0.2, -0.15) is 0 Å². The van der Waals surface area contributed by atoms with Crippen LogP contribution in [0.2, 0.25) is 0 Å². The fourth-order valence-electron chi connectivity index (χ4n) is 3.76. The summed E-state index contributed by atoms with van der Waals surface area (Å²) in [7, 11) is 0. The summed E-state index contributed by atoms with van der Waals surface area (Å²) in [5.74, 6) is -0.436. The number of aliphatic carboxylic acids is 1. The average molecular weight is 296 g/mol. The zero-order valence-corrected chi connectivity index (χ0v) is 13.5. The van der Waals surface area contributed by atoms with Crippen molar-refractivity contribution in [3.05, 3.63) is 0 Å². The lowest BCUT2D eigenvalue weighted by atomic mass is 9.86. The van der Waals surface area contributed by atoms with Gasteiger partial charge in [0.2, 0.25) is 0 Å². The van der Waals surface area contributed by atoms with Crippen LogP contribution in [0.4, 0.5) is 4.79 Å². The van der Waals surface area contributed by atoms with Gasteiger partial charge in [0, 0.05) is 12.6 Å². The highest BCUT2D eigenvalue weighted by Crippen LogP contribution is 2.67. The van der Waals surface area contributed by atoms with Gasteiger partial charge < -0.3 is 15.7 Å². The summed E-state index contributed by atoms with van der Waals surface area (Å²) >= 11 is 0. The van der Waals surface area contributed by atoms with Crippen LogP contribution in [0.5, 0.6) is 0 Å². The monoisotopic (exact) mass is 296 g/mol. The molecule has 0 spiro atoms. The molecule has 2 fully saturated rings. The van der Waals surface area contributed by atoms with E-state index in [0.717, 1.165) is 12.8 Å². The third-order valence-corrected chi connectivity index (χ3v) is 6.20. The number of carbonyl (C=O) groups is 2. The van der Waals surface area contributed by atoms with Crippen LogP contribution >= 0.6 is 0 Å². The van der Waals surface area contributed by atoms with Crippen LogP contribution in [-0.2, 0) is 4.79 Å². The van der Waals surface area contributed by atoms with Gasteiger partial charge in [-0.15, -0.1) is 0 Å². The van der Waals surface area contributed by atoms with E-state index in [9.17, 15) is 9.59 Å². The first-order valence-electron chi connectivity index (χ1n) is 7.93. The van der Waals surface area contributed by atoms with Gasteiger partial charge in [-0.3, -0.25) is 4.79 Å². The molecule has 2 aliphatic carbocycles. The summed E-state index contributed by atoms with van der Waals surface area (Å²) in [5, 5.41) is 14.9. The molecule has 0 atom stereocenters. The maximum absolute atomic E-state index is 11.9. The summed E-state index contributed by atoms with van der Waals surface area (Å²) in [4.78, 5) is 22.8. The summed E-state index contributed by atoms with van der Waals surface area (Å²) in [6, 6.07) is -0.00639.